The van der Waals surface area contributed by atoms with Gasteiger partial charge in [0.05, 0.1) is 55.9 Å². The number of aliphatic imine (C=N–C) groups is 1. The molecule has 0 aliphatic carbocycles. The number of carbonyl (C=O) groups is 1. The third-order valence-corrected chi connectivity index (χ3v) is 9.78. The van der Waals surface area contributed by atoms with Crippen LogP contribution < -0.4 is 5.32 Å². The van der Waals surface area contributed by atoms with Crippen molar-refractivity contribution in [3.05, 3.63) is 83.6 Å². The van der Waals surface area contributed by atoms with Gasteiger partial charge in [0.2, 0.25) is 5.91 Å². The lowest BCUT2D eigenvalue weighted by Crippen LogP contribution is -2.59. The van der Waals surface area contributed by atoms with E-state index in [2.05, 4.69) is 30.4 Å². The molecule has 1 amide bonds. The molecule has 1 N–H and O–H groups in total. The number of benzene rings is 2. The van der Waals surface area contributed by atoms with E-state index in [1.54, 1.807) is 0 Å². The number of hydrogen-bond donors (Lipinski definition) is 1. The number of nitrogens with zero attached hydrogens (tertiary/aromatic N) is 2. The van der Waals surface area contributed by atoms with Crippen molar-refractivity contribution >= 4 is 11.6 Å². The predicted octanol–water partition coefficient (Wildman–Crippen LogP) is 6.69. The van der Waals surface area contributed by atoms with E-state index in [1.165, 1.54) is 0 Å². The Morgan fingerprint density at radius 2 is 1.57 bits per heavy atom. The van der Waals surface area contributed by atoms with Crippen LogP contribution in [0.4, 0.5) is 0 Å². The van der Waals surface area contributed by atoms with Crippen LogP contribution in [-0.4, -0.2) is 53.8 Å². The molecule has 0 spiro atoms. The maximum atomic E-state index is 12.6. The smallest absolute Gasteiger partial charge is 0.225 e. The van der Waals surface area contributed by atoms with Gasteiger partial charge >= 0.3 is 0 Å². The van der Waals surface area contributed by atoms with Gasteiger partial charge in [-0.1, -0.05) is 74.5 Å². The van der Waals surface area contributed by atoms with Crippen molar-refractivity contribution in [2.24, 2.45) is 15.8 Å². The number of nitriles is 1. The molecule has 2 unspecified atom stereocenters. The number of rotatable bonds is 10. The second-order valence-corrected chi connectivity index (χ2v) is 14.8. The molecule has 2 saturated heterocycles. The Labute approximate surface area is 274 Å². The number of allylic oxidation sites excluding steroid dienone is 1. The minimum absolute atomic E-state index is 0.0454. The summed E-state index contributed by atoms with van der Waals surface area (Å²) in [5, 5.41) is 13.7. The zero-order chi connectivity index (χ0) is 33.2. The van der Waals surface area contributed by atoms with Crippen LogP contribution >= 0.6 is 0 Å². The van der Waals surface area contributed by atoms with Gasteiger partial charge in [0, 0.05) is 41.5 Å². The van der Waals surface area contributed by atoms with Gasteiger partial charge in [-0.15, -0.1) is 0 Å². The Balaban J connectivity index is 1.41. The van der Waals surface area contributed by atoms with Gasteiger partial charge in [0.15, 0.2) is 5.54 Å². The fourth-order valence-corrected chi connectivity index (χ4v) is 6.72. The molecule has 2 aromatic rings. The van der Waals surface area contributed by atoms with Crippen LogP contribution in [0.15, 0.2) is 77.4 Å². The zero-order valence-corrected chi connectivity index (χ0v) is 28.3. The Hall–Kier alpha value is -3.35. The van der Waals surface area contributed by atoms with Gasteiger partial charge in [-0.2, -0.15) is 5.26 Å². The van der Waals surface area contributed by atoms with Crippen molar-refractivity contribution in [3.8, 4) is 6.07 Å². The van der Waals surface area contributed by atoms with Crippen LogP contribution in [0.1, 0.15) is 78.9 Å². The minimum atomic E-state index is -1.09. The van der Waals surface area contributed by atoms with E-state index in [-0.39, 0.29) is 29.8 Å². The quantitative estimate of drug-likeness (QED) is 0.315. The molecule has 8 nitrogen and oxygen atoms in total. The highest BCUT2D eigenvalue weighted by Gasteiger charge is 2.60. The van der Waals surface area contributed by atoms with Crippen LogP contribution in [-0.2, 0) is 37.0 Å². The number of nitrogens with one attached hydrogen (secondary N) is 1. The number of amides is 1. The standard InChI is InChI=1S/C38H49N3O5/c1-26-30(43-22-27-14-10-8-11-15-27)19-31(44-23-28-16-12-9-13-17-28)34(46-26)37(6)20-29(41-38(37,7)24-39)18-32-36(5,21-33(42)40-32)25-45-35(2,3)4/h8-18,26,30-31,34H,19-23,25H2,1-7H3,(H,40,42)/b32-18-/t26-,30-,31-,34-,36?,37-,38?/m1/s1. The zero-order valence-electron chi connectivity index (χ0n) is 28.3. The lowest BCUT2D eigenvalue weighted by atomic mass is 9.65. The van der Waals surface area contributed by atoms with Crippen LogP contribution in [0.2, 0.25) is 0 Å². The highest BCUT2D eigenvalue weighted by atomic mass is 16.6. The number of carbonyl (C=O) groups excluding carboxylic acids is 1. The van der Waals surface area contributed by atoms with Crippen molar-refractivity contribution < 1.29 is 23.7 Å². The molecule has 46 heavy (non-hydrogen) atoms. The molecule has 2 fully saturated rings. The maximum Gasteiger partial charge on any atom is 0.225 e. The third kappa shape index (κ3) is 7.44. The summed E-state index contributed by atoms with van der Waals surface area (Å²) >= 11 is 0. The molecule has 3 aliphatic rings. The highest BCUT2D eigenvalue weighted by molar-refractivity contribution is 6.00. The summed E-state index contributed by atoms with van der Waals surface area (Å²) in [6, 6.07) is 22.7. The largest absolute Gasteiger partial charge is 0.375 e. The molecule has 0 aromatic heterocycles. The van der Waals surface area contributed by atoms with Crippen molar-refractivity contribution in [1.29, 1.82) is 5.26 Å². The lowest BCUT2D eigenvalue weighted by molar-refractivity contribution is -0.230. The van der Waals surface area contributed by atoms with E-state index in [1.807, 2.05) is 96.1 Å². The lowest BCUT2D eigenvalue weighted by Gasteiger charge is -2.49. The normalized spacial score (nSPS) is 33.9. The van der Waals surface area contributed by atoms with E-state index in [9.17, 15) is 10.1 Å². The maximum absolute atomic E-state index is 12.6. The number of hydrogen-bond acceptors (Lipinski definition) is 7. The van der Waals surface area contributed by atoms with Crippen LogP contribution in [0.25, 0.3) is 0 Å². The molecular weight excluding hydrogens is 578 g/mol. The average Bonchev–Trinajstić information content (AvgIpc) is 3.46. The topological polar surface area (TPSA) is 102 Å². The first-order valence-electron chi connectivity index (χ1n) is 16.4. The molecule has 0 radical (unpaired) electrons. The second-order valence-electron chi connectivity index (χ2n) is 14.8. The fourth-order valence-electron chi connectivity index (χ4n) is 6.72. The molecule has 2 aromatic carbocycles. The minimum Gasteiger partial charge on any atom is -0.375 e. The van der Waals surface area contributed by atoms with Gasteiger partial charge in [0.1, 0.15) is 0 Å². The van der Waals surface area contributed by atoms with Gasteiger partial charge in [-0.05, 0) is 51.8 Å². The van der Waals surface area contributed by atoms with Crippen LogP contribution in [0.3, 0.4) is 0 Å². The molecule has 8 heteroatoms. The predicted molar refractivity (Wildman–Crippen MR) is 178 cm³/mol. The van der Waals surface area contributed by atoms with E-state index in [0.717, 1.165) is 22.5 Å². The molecule has 0 saturated carbocycles. The first-order chi connectivity index (χ1) is 21.7. The van der Waals surface area contributed by atoms with Crippen molar-refractivity contribution in [3.63, 3.8) is 0 Å². The molecule has 3 aliphatic heterocycles. The monoisotopic (exact) mass is 627 g/mol. The van der Waals surface area contributed by atoms with Gasteiger partial charge in [-0.3, -0.25) is 9.79 Å². The van der Waals surface area contributed by atoms with Gasteiger partial charge in [0.25, 0.3) is 0 Å². The Kier molecular flexibility index (Phi) is 9.91. The van der Waals surface area contributed by atoms with Gasteiger partial charge < -0.3 is 24.3 Å². The van der Waals surface area contributed by atoms with Crippen molar-refractivity contribution in [1.82, 2.24) is 5.32 Å². The van der Waals surface area contributed by atoms with E-state index in [4.69, 9.17) is 23.9 Å². The summed E-state index contributed by atoms with van der Waals surface area (Å²) in [4.78, 5) is 17.6. The van der Waals surface area contributed by atoms with E-state index >= 15 is 0 Å². The molecule has 0 bridgehead atoms. The molecule has 7 atom stereocenters. The SMILES string of the molecule is C[C@H]1O[C@@H]([C@@]2(C)CC(/C=C3\NC(=O)CC3(C)COC(C)(C)C)=NC2(C)C#N)[C@H](OCc2ccccc2)C[C@H]1OCc1ccccc1. The van der Waals surface area contributed by atoms with Crippen molar-refractivity contribution in [2.45, 2.75) is 116 Å². The molecular formula is C38H49N3O5. The summed E-state index contributed by atoms with van der Waals surface area (Å²) in [7, 11) is 0. The summed E-state index contributed by atoms with van der Waals surface area (Å²) in [5.74, 6) is -0.0454. The number of ether oxygens (including phenoxy) is 4. The summed E-state index contributed by atoms with van der Waals surface area (Å²) in [5.41, 5.74) is 1.04. The first-order valence-corrected chi connectivity index (χ1v) is 16.4. The van der Waals surface area contributed by atoms with Crippen LogP contribution in [0, 0.1) is 22.2 Å². The second kappa shape index (κ2) is 13.4. The van der Waals surface area contributed by atoms with Gasteiger partial charge in [-0.25, -0.2) is 0 Å². The molecule has 3 heterocycles. The Morgan fingerprint density at radius 1 is 0.978 bits per heavy atom. The molecule has 246 valence electrons. The average molecular weight is 628 g/mol. The third-order valence-electron chi connectivity index (χ3n) is 9.78. The Bertz CT molecular complexity index is 1480. The first kappa shape index (κ1) is 34.0. The van der Waals surface area contributed by atoms with E-state index in [0.29, 0.717) is 39.1 Å². The summed E-state index contributed by atoms with van der Waals surface area (Å²) in [6.45, 7) is 15.4. The van der Waals surface area contributed by atoms with Crippen molar-refractivity contribution in [2.75, 3.05) is 6.61 Å². The highest BCUT2D eigenvalue weighted by Crippen LogP contribution is 2.51. The summed E-state index contributed by atoms with van der Waals surface area (Å²) in [6.07, 6.45) is 2.22. The van der Waals surface area contributed by atoms with Crippen LogP contribution in [0.5, 0.6) is 0 Å². The fraction of sp³-hybridized carbons (Fsp3) is 0.553. The molecule has 5 rings (SSSR count). The van der Waals surface area contributed by atoms with E-state index < -0.39 is 22.5 Å². The summed E-state index contributed by atoms with van der Waals surface area (Å²) < 4.78 is 26.0. The Morgan fingerprint density at radius 3 is 2.13 bits per heavy atom.